The van der Waals surface area contributed by atoms with Gasteiger partial charge in [-0.15, -0.1) is 0 Å². The molecule has 0 aromatic carbocycles. The summed E-state index contributed by atoms with van der Waals surface area (Å²) in [5.74, 6) is 0. The van der Waals surface area contributed by atoms with E-state index in [0.29, 0.717) is 16.6 Å². The van der Waals surface area contributed by atoms with Crippen LogP contribution in [0.25, 0.3) is 0 Å². The molecular formula is C3H8Si2. The van der Waals surface area contributed by atoms with E-state index in [-0.39, 0.29) is 0 Å². The topological polar surface area (TPSA) is 0 Å². The molecule has 0 N–H and O–H groups in total. The van der Waals surface area contributed by atoms with E-state index in [1.54, 1.807) is 5.67 Å². The molecular weight excluding hydrogens is 92.2 g/mol. The molecule has 0 spiro atoms. The number of rotatable bonds is 0. The Kier molecular flexibility index (Phi) is 0.684. The Morgan fingerprint density at radius 3 is 1.40 bits per heavy atom. The Labute approximate surface area is 36.2 Å². The molecule has 0 amide bonds. The summed E-state index contributed by atoms with van der Waals surface area (Å²) < 4.78 is 0. The average Bonchev–Trinajstić information content (AvgIpc) is 1.79. The Balaban J connectivity index is 2.20. The van der Waals surface area contributed by atoms with Crippen LogP contribution in [0.1, 0.15) is 0 Å². The van der Waals surface area contributed by atoms with Crippen molar-refractivity contribution < 1.29 is 0 Å². The first-order valence-electron chi connectivity index (χ1n) is 1.96. The van der Waals surface area contributed by atoms with E-state index < -0.39 is 0 Å². The van der Waals surface area contributed by atoms with Crippen LogP contribution in [0.4, 0.5) is 0 Å². The van der Waals surface area contributed by atoms with Gasteiger partial charge in [0, 0.05) is 16.6 Å². The molecule has 2 radical (unpaired) electrons. The van der Waals surface area contributed by atoms with Crippen molar-refractivity contribution in [1.29, 1.82) is 0 Å². The summed E-state index contributed by atoms with van der Waals surface area (Å²) in [7, 11) is 0.789. The van der Waals surface area contributed by atoms with Gasteiger partial charge in [0.15, 0.2) is 0 Å². The molecule has 0 unspecified atom stereocenters. The molecule has 1 aliphatic rings. The van der Waals surface area contributed by atoms with E-state index >= 15 is 0 Å². The third-order valence-electron chi connectivity index (χ3n) is 1.13. The summed E-state index contributed by atoms with van der Waals surface area (Å²) >= 11 is 0. The standard InChI is InChI=1S/C3H8Si2/c1-4-3-5(4)2/h3H2,1-2H3. The van der Waals surface area contributed by atoms with Gasteiger partial charge < -0.3 is 0 Å². The highest BCUT2D eigenvalue weighted by atomic mass is 29.3. The molecule has 2 heteroatoms. The van der Waals surface area contributed by atoms with Crippen molar-refractivity contribution in [1.82, 2.24) is 0 Å². The molecule has 0 aliphatic carbocycles. The Hall–Kier alpha value is 0.434. The molecule has 0 atom stereocenters. The largest absolute Gasteiger partial charge is 0.0735 e. The maximum Gasteiger partial charge on any atom is 0.0307 e. The molecule has 0 aromatic rings. The maximum absolute atomic E-state index is 2.44. The molecule has 0 nitrogen and oxygen atoms in total. The van der Waals surface area contributed by atoms with Gasteiger partial charge in [-0.1, -0.05) is 18.8 Å². The van der Waals surface area contributed by atoms with E-state index in [0.717, 1.165) is 0 Å². The fourth-order valence-corrected chi connectivity index (χ4v) is 6.36. The van der Waals surface area contributed by atoms with Gasteiger partial charge in [0.05, 0.1) is 0 Å². The second-order valence-corrected chi connectivity index (χ2v) is 11.4. The average molecular weight is 100 g/mol. The zero-order valence-corrected chi connectivity index (χ0v) is 5.71. The Bertz CT molecular complexity index is 38.2. The monoisotopic (exact) mass is 100 g/mol. The maximum atomic E-state index is 2.44. The van der Waals surface area contributed by atoms with E-state index in [1.807, 2.05) is 0 Å². The van der Waals surface area contributed by atoms with Crippen molar-refractivity contribution in [3.05, 3.63) is 0 Å². The minimum Gasteiger partial charge on any atom is -0.0735 e. The molecule has 1 saturated heterocycles. The zero-order chi connectivity index (χ0) is 3.86. The van der Waals surface area contributed by atoms with Crippen LogP contribution in [-0.4, -0.2) is 16.6 Å². The second kappa shape index (κ2) is 0.946. The fourth-order valence-electron chi connectivity index (χ4n) is 0.354. The van der Waals surface area contributed by atoms with Gasteiger partial charge in [0.25, 0.3) is 0 Å². The van der Waals surface area contributed by atoms with E-state index in [2.05, 4.69) is 13.1 Å². The second-order valence-electron chi connectivity index (χ2n) is 1.74. The molecule has 1 fully saturated rings. The Morgan fingerprint density at radius 1 is 1.20 bits per heavy atom. The summed E-state index contributed by atoms with van der Waals surface area (Å²) in [6.07, 6.45) is 0. The first-order chi connectivity index (χ1) is 2.30. The quantitative estimate of drug-likeness (QED) is 0.396. The predicted molar refractivity (Wildman–Crippen MR) is 28.0 cm³/mol. The molecule has 28 valence electrons. The summed E-state index contributed by atoms with van der Waals surface area (Å²) in [5, 5.41) is 0. The lowest BCUT2D eigenvalue weighted by atomic mass is 11.8. The summed E-state index contributed by atoms with van der Waals surface area (Å²) in [5.41, 5.74) is 1.68. The van der Waals surface area contributed by atoms with Crippen LogP contribution in [0.15, 0.2) is 0 Å². The summed E-state index contributed by atoms with van der Waals surface area (Å²) in [4.78, 5) is 0. The molecule has 5 heavy (non-hydrogen) atoms. The molecule has 0 bridgehead atoms. The van der Waals surface area contributed by atoms with Gasteiger partial charge in [-0.05, 0) is 0 Å². The van der Waals surface area contributed by atoms with Crippen LogP contribution in [0.2, 0.25) is 18.8 Å². The first-order valence-corrected chi connectivity index (χ1v) is 7.37. The van der Waals surface area contributed by atoms with Crippen molar-refractivity contribution in [2.24, 2.45) is 0 Å². The minimum absolute atomic E-state index is 0.395. The predicted octanol–water partition coefficient (Wildman–Crippen LogP) is 0.867. The van der Waals surface area contributed by atoms with Crippen molar-refractivity contribution in [3.8, 4) is 0 Å². The third-order valence-corrected chi connectivity index (χ3v) is 10.2. The smallest absolute Gasteiger partial charge is 0.0307 e. The normalized spacial score (nSPS) is 27.6. The lowest BCUT2D eigenvalue weighted by Crippen LogP contribution is -1.86. The molecule has 0 saturated carbocycles. The van der Waals surface area contributed by atoms with Crippen molar-refractivity contribution in [3.63, 3.8) is 0 Å². The van der Waals surface area contributed by atoms with Gasteiger partial charge >= 0.3 is 0 Å². The van der Waals surface area contributed by atoms with Gasteiger partial charge in [0.2, 0.25) is 0 Å². The van der Waals surface area contributed by atoms with Crippen LogP contribution in [-0.2, 0) is 0 Å². The highest BCUT2D eigenvalue weighted by Gasteiger charge is 2.30. The lowest BCUT2D eigenvalue weighted by Gasteiger charge is -1.62. The minimum atomic E-state index is 0.395. The SMILES string of the molecule is C[Si]1C[Si]1C. The van der Waals surface area contributed by atoms with Crippen molar-refractivity contribution >= 4 is 16.6 Å². The van der Waals surface area contributed by atoms with E-state index in [1.165, 1.54) is 0 Å². The summed E-state index contributed by atoms with van der Waals surface area (Å²) in [6.45, 7) is 4.89. The number of hydrogen-bond donors (Lipinski definition) is 0. The highest BCUT2D eigenvalue weighted by Crippen LogP contribution is 2.16. The Morgan fingerprint density at radius 2 is 1.40 bits per heavy atom. The zero-order valence-electron chi connectivity index (χ0n) is 3.71. The van der Waals surface area contributed by atoms with Crippen LogP contribution in [0.3, 0.4) is 0 Å². The molecule has 0 aromatic heterocycles. The molecule has 1 rings (SSSR count). The van der Waals surface area contributed by atoms with E-state index in [9.17, 15) is 0 Å². The lowest BCUT2D eigenvalue weighted by molar-refractivity contribution is 2.06. The molecule has 1 aliphatic heterocycles. The van der Waals surface area contributed by atoms with Gasteiger partial charge in [-0.25, -0.2) is 0 Å². The molecule has 1 heterocycles. The van der Waals surface area contributed by atoms with Crippen LogP contribution in [0, 0.1) is 0 Å². The van der Waals surface area contributed by atoms with Crippen molar-refractivity contribution in [2.45, 2.75) is 18.8 Å². The number of hydrogen-bond acceptors (Lipinski definition) is 0. The van der Waals surface area contributed by atoms with Crippen LogP contribution in [0.5, 0.6) is 0 Å². The third kappa shape index (κ3) is 0.634. The van der Waals surface area contributed by atoms with Crippen molar-refractivity contribution in [2.75, 3.05) is 0 Å². The first kappa shape index (κ1) is 3.62. The van der Waals surface area contributed by atoms with Crippen LogP contribution < -0.4 is 0 Å². The summed E-state index contributed by atoms with van der Waals surface area (Å²) in [6, 6.07) is 0. The van der Waals surface area contributed by atoms with Gasteiger partial charge in [-0.2, -0.15) is 0 Å². The van der Waals surface area contributed by atoms with Crippen LogP contribution >= 0.6 is 0 Å². The fraction of sp³-hybridized carbons (Fsp3) is 1.00. The van der Waals surface area contributed by atoms with Gasteiger partial charge in [0.1, 0.15) is 0 Å². The highest BCUT2D eigenvalue weighted by molar-refractivity contribution is 7.39. The van der Waals surface area contributed by atoms with Gasteiger partial charge in [-0.3, -0.25) is 0 Å². The van der Waals surface area contributed by atoms with E-state index in [4.69, 9.17) is 0 Å².